The summed E-state index contributed by atoms with van der Waals surface area (Å²) in [4.78, 5) is 25.8. The zero-order chi connectivity index (χ0) is 16.6. The summed E-state index contributed by atoms with van der Waals surface area (Å²) >= 11 is 0. The largest absolute Gasteiger partial charge is 0.481 e. The van der Waals surface area contributed by atoms with Gasteiger partial charge in [-0.1, -0.05) is 6.07 Å². The zero-order valence-electron chi connectivity index (χ0n) is 12.7. The lowest BCUT2D eigenvalue weighted by molar-refractivity contribution is -0.143. The predicted molar refractivity (Wildman–Crippen MR) is 81.3 cm³/mol. The number of carboxylic acid groups (broad SMARTS) is 2. The van der Waals surface area contributed by atoms with Gasteiger partial charge in [-0.2, -0.15) is 0 Å². The minimum Gasteiger partial charge on any atom is -0.481 e. The van der Waals surface area contributed by atoms with Gasteiger partial charge in [0.25, 0.3) is 0 Å². The van der Waals surface area contributed by atoms with Crippen LogP contribution in [0.5, 0.6) is 0 Å². The number of aromatic nitrogens is 1. The molecule has 1 aliphatic rings. The summed E-state index contributed by atoms with van der Waals surface area (Å²) in [7, 11) is 2.15. The van der Waals surface area contributed by atoms with Crippen molar-refractivity contribution in [2.45, 2.75) is 31.2 Å². The molecule has 1 saturated heterocycles. The van der Waals surface area contributed by atoms with E-state index in [1.165, 1.54) is 12.0 Å². The molecule has 0 radical (unpaired) electrons. The Kier molecular flexibility index (Phi) is 6.94. The molecule has 7 nitrogen and oxygen atoms in total. The van der Waals surface area contributed by atoms with E-state index in [0.29, 0.717) is 6.54 Å². The SMILES string of the molecule is CN1CCCC1(CN)c1cccnc1.O=C(O)CCC(=O)O. The van der Waals surface area contributed by atoms with Gasteiger partial charge in [-0.15, -0.1) is 0 Å². The number of aliphatic carboxylic acids is 2. The summed E-state index contributed by atoms with van der Waals surface area (Å²) in [5, 5.41) is 15.8. The smallest absolute Gasteiger partial charge is 0.303 e. The number of nitrogens with zero attached hydrogens (tertiary/aromatic N) is 2. The normalized spacial score (nSPS) is 21.0. The lowest BCUT2D eigenvalue weighted by atomic mass is 9.89. The Morgan fingerprint density at radius 3 is 2.36 bits per heavy atom. The summed E-state index contributed by atoms with van der Waals surface area (Å²) in [6.45, 7) is 1.81. The molecule has 4 N–H and O–H groups in total. The van der Waals surface area contributed by atoms with Crippen LogP contribution in [0.3, 0.4) is 0 Å². The average molecular weight is 309 g/mol. The van der Waals surface area contributed by atoms with Crippen LogP contribution in [0.2, 0.25) is 0 Å². The molecule has 1 atom stereocenters. The first kappa shape index (κ1) is 18.1. The van der Waals surface area contributed by atoms with E-state index in [1.54, 1.807) is 0 Å². The minimum atomic E-state index is -1.08. The Bertz CT molecular complexity index is 481. The van der Waals surface area contributed by atoms with Crippen LogP contribution in [0.1, 0.15) is 31.2 Å². The summed E-state index contributed by atoms with van der Waals surface area (Å²) in [5.41, 5.74) is 7.21. The van der Waals surface area contributed by atoms with Gasteiger partial charge in [0.05, 0.1) is 18.4 Å². The number of pyridine rings is 1. The molecule has 2 rings (SSSR count). The molecule has 122 valence electrons. The van der Waals surface area contributed by atoms with Gasteiger partial charge in [-0.3, -0.25) is 19.5 Å². The number of likely N-dealkylation sites (N-methyl/N-ethyl adjacent to an activating group) is 1. The third-order valence-electron chi connectivity index (χ3n) is 3.90. The summed E-state index contributed by atoms with van der Waals surface area (Å²) in [5.74, 6) is -2.15. The average Bonchev–Trinajstić information content (AvgIpc) is 2.89. The Morgan fingerprint density at radius 1 is 1.36 bits per heavy atom. The van der Waals surface area contributed by atoms with E-state index < -0.39 is 11.9 Å². The summed E-state index contributed by atoms with van der Waals surface area (Å²) < 4.78 is 0. The molecule has 0 amide bonds. The van der Waals surface area contributed by atoms with Crippen molar-refractivity contribution >= 4 is 11.9 Å². The number of nitrogens with two attached hydrogens (primary N) is 1. The number of carboxylic acids is 2. The molecule has 1 aromatic heterocycles. The highest BCUT2D eigenvalue weighted by molar-refractivity contribution is 5.75. The monoisotopic (exact) mass is 309 g/mol. The van der Waals surface area contributed by atoms with E-state index in [4.69, 9.17) is 15.9 Å². The standard InChI is InChI=1S/C11H17N3.C4H6O4/c1-14-7-3-5-11(14,9-12)10-4-2-6-13-8-10;5-3(6)1-2-4(7)8/h2,4,6,8H,3,5,7,9,12H2,1H3;1-2H2,(H,5,6)(H,7,8). The molecule has 0 saturated carbocycles. The van der Waals surface area contributed by atoms with Crippen molar-refractivity contribution in [3.05, 3.63) is 30.1 Å². The van der Waals surface area contributed by atoms with E-state index in [0.717, 1.165) is 13.0 Å². The molecule has 1 aliphatic heterocycles. The molecule has 1 fully saturated rings. The predicted octanol–water partition coefficient (Wildman–Crippen LogP) is 0.897. The lowest BCUT2D eigenvalue weighted by Crippen LogP contribution is -2.44. The second-order valence-electron chi connectivity index (χ2n) is 5.29. The van der Waals surface area contributed by atoms with Gasteiger partial charge in [-0.25, -0.2) is 0 Å². The molecule has 0 bridgehead atoms. The Morgan fingerprint density at radius 2 is 2.00 bits per heavy atom. The van der Waals surface area contributed by atoms with Gasteiger partial charge in [0.1, 0.15) is 0 Å². The van der Waals surface area contributed by atoms with Gasteiger partial charge in [0.2, 0.25) is 0 Å². The fourth-order valence-corrected chi connectivity index (χ4v) is 2.61. The van der Waals surface area contributed by atoms with Crippen LogP contribution in [0, 0.1) is 0 Å². The van der Waals surface area contributed by atoms with Crippen LogP contribution in [-0.2, 0) is 15.1 Å². The first-order valence-electron chi connectivity index (χ1n) is 7.18. The van der Waals surface area contributed by atoms with Crippen molar-refractivity contribution in [3.63, 3.8) is 0 Å². The Balaban J connectivity index is 0.000000261. The molecular formula is C15H23N3O4. The van der Waals surface area contributed by atoms with Crippen LogP contribution in [-0.4, -0.2) is 52.2 Å². The number of carbonyl (C=O) groups is 2. The van der Waals surface area contributed by atoms with Crippen LogP contribution in [0.4, 0.5) is 0 Å². The number of rotatable bonds is 5. The maximum absolute atomic E-state index is 9.64. The van der Waals surface area contributed by atoms with Crippen molar-refractivity contribution in [1.29, 1.82) is 0 Å². The molecule has 0 aliphatic carbocycles. The van der Waals surface area contributed by atoms with E-state index in [1.807, 2.05) is 18.5 Å². The lowest BCUT2D eigenvalue weighted by Gasteiger charge is -2.35. The highest BCUT2D eigenvalue weighted by atomic mass is 16.4. The van der Waals surface area contributed by atoms with Crippen molar-refractivity contribution in [2.75, 3.05) is 20.1 Å². The summed E-state index contributed by atoms with van der Waals surface area (Å²) in [6.07, 6.45) is 5.52. The van der Waals surface area contributed by atoms with Crippen LogP contribution < -0.4 is 5.73 Å². The third kappa shape index (κ3) is 4.78. The van der Waals surface area contributed by atoms with Crippen molar-refractivity contribution < 1.29 is 19.8 Å². The maximum atomic E-state index is 9.64. The molecule has 0 aromatic carbocycles. The quantitative estimate of drug-likeness (QED) is 0.739. The highest BCUT2D eigenvalue weighted by Gasteiger charge is 2.38. The number of likely N-dealkylation sites (tertiary alicyclic amines) is 1. The highest BCUT2D eigenvalue weighted by Crippen LogP contribution is 2.36. The van der Waals surface area contributed by atoms with Crippen LogP contribution in [0.25, 0.3) is 0 Å². The van der Waals surface area contributed by atoms with E-state index in [2.05, 4.69) is 23.0 Å². The van der Waals surface area contributed by atoms with Crippen molar-refractivity contribution in [2.24, 2.45) is 5.73 Å². The van der Waals surface area contributed by atoms with Crippen molar-refractivity contribution in [1.82, 2.24) is 9.88 Å². The first-order valence-corrected chi connectivity index (χ1v) is 7.18. The second-order valence-corrected chi connectivity index (χ2v) is 5.29. The maximum Gasteiger partial charge on any atom is 0.303 e. The van der Waals surface area contributed by atoms with Crippen LogP contribution in [0.15, 0.2) is 24.5 Å². The fourth-order valence-electron chi connectivity index (χ4n) is 2.61. The zero-order valence-corrected chi connectivity index (χ0v) is 12.7. The molecular weight excluding hydrogens is 286 g/mol. The van der Waals surface area contributed by atoms with Crippen LogP contribution >= 0.6 is 0 Å². The van der Waals surface area contributed by atoms with Crippen molar-refractivity contribution in [3.8, 4) is 0 Å². The van der Waals surface area contributed by atoms with E-state index in [9.17, 15) is 9.59 Å². The van der Waals surface area contributed by atoms with Gasteiger partial charge in [-0.05, 0) is 38.1 Å². The van der Waals surface area contributed by atoms with Gasteiger partial charge < -0.3 is 15.9 Å². The van der Waals surface area contributed by atoms with E-state index >= 15 is 0 Å². The number of hydrogen-bond acceptors (Lipinski definition) is 5. The van der Waals surface area contributed by atoms with Gasteiger partial charge in [0, 0.05) is 18.9 Å². The second kappa shape index (κ2) is 8.45. The Hall–Kier alpha value is -1.99. The topological polar surface area (TPSA) is 117 Å². The fraction of sp³-hybridized carbons (Fsp3) is 0.533. The first-order chi connectivity index (χ1) is 10.4. The third-order valence-corrected chi connectivity index (χ3v) is 3.90. The Labute approximate surface area is 129 Å². The van der Waals surface area contributed by atoms with E-state index in [-0.39, 0.29) is 18.4 Å². The molecule has 1 aromatic rings. The molecule has 7 heteroatoms. The van der Waals surface area contributed by atoms with Gasteiger partial charge >= 0.3 is 11.9 Å². The molecule has 22 heavy (non-hydrogen) atoms. The van der Waals surface area contributed by atoms with Gasteiger partial charge in [0.15, 0.2) is 0 Å². The number of hydrogen-bond donors (Lipinski definition) is 3. The summed E-state index contributed by atoms with van der Waals surface area (Å²) in [6, 6.07) is 4.11. The molecule has 0 spiro atoms. The molecule has 2 heterocycles. The molecule has 1 unspecified atom stereocenters. The minimum absolute atomic E-state index is 0.0360.